The van der Waals surface area contributed by atoms with Crippen LogP contribution in [-0.4, -0.2) is 76.3 Å². The summed E-state index contributed by atoms with van der Waals surface area (Å²) in [6.07, 6.45) is 4.40. The molecule has 1 saturated heterocycles. The molecule has 2 aromatic heterocycles. The summed E-state index contributed by atoms with van der Waals surface area (Å²) in [5.74, 6) is 1.22. The lowest BCUT2D eigenvalue weighted by atomic mass is 9.92. The van der Waals surface area contributed by atoms with E-state index in [9.17, 15) is 18.7 Å². The van der Waals surface area contributed by atoms with Gasteiger partial charge in [-0.15, -0.1) is 0 Å². The lowest BCUT2D eigenvalue weighted by Crippen LogP contribution is -2.47. The third kappa shape index (κ3) is 5.13. The standard InChI is InChI=1S/C27H34F2N6O2/c28-24(29)16-33-9-11-34(12-10-33)19-5-8-21-22(13-19)26(37)35(18-3-6-20(36)7-4-18)25-23(21)15-31-27(32-25)30-14-17-1-2-17/h5,8,13,15,17-18,20,24,36H,1-4,6-7,9-12,14,16H2,(H,30,31,32)/t18-,20-. The molecule has 0 radical (unpaired) electrons. The molecular weight excluding hydrogens is 478 g/mol. The van der Waals surface area contributed by atoms with Crippen LogP contribution in [0.3, 0.4) is 0 Å². The summed E-state index contributed by atoms with van der Waals surface area (Å²) in [5, 5.41) is 15.7. The van der Waals surface area contributed by atoms with Crippen LogP contribution < -0.4 is 15.8 Å². The molecule has 37 heavy (non-hydrogen) atoms. The van der Waals surface area contributed by atoms with Gasteiger partial charge >= 0.3 is 0 Å². The summed E-state index contributed by atoms with van der Waals surface area (Å²) in [5.41, 5.74) is 1.49. The van der Waals surface area contributed by atoms with Gasteiger partial charge in [-0.2, -0.15) is 4.98 Å². The number of nitrogens with zero attached hydrogens (tertiary/aromatic N) is 5. The van der Waals surface area contributed by atoms with E-state index in [4.69, 9.17) is 4.98 Å². The fourth-order valence-electron chi connectivity index (χ4n) is 5.79. The van der Waals surface area contributed by atoms with Crippen LogP contribution in [0.25, 0.3) is 21.8 Å². The van der Waals surface area contributed by atoms with Crippen LogP contribution in [0, 0.1) is 5.92 Å². The minimum atomic E-state index is -2.33. The molecule has 6 rings (SSSR count). The Bertz CT molecular complexity index is 1330. The fourth-order valence-corrected chi connectivity index (χ4v) is 5.79. The number of aliphatic hydroxyl groups excluding tert-OH is 1. The third-order valence-electron chi connectivity index (χ3n) is 8.15. The summed E-state index contributed by atoms with van der Waals surface area (Å²) in [7, 11) is 0. The molecule has 3 fully saturated rings. The number of aliphatic hydroxyl groups is 1. The third-order valence-corrected chi connectivity index (χ3v) is 8.15. The number of hydrogen-bond acceptors (Lipinski definition) is 7. The smallest absolute Gasteiger partial charge is 0.260 e. The highest BCUT2D eigenvalue weighted by atomic mass is 19.3. The van der Waals surface area contributed by atoms with E-state index in [2.05, 4.69) is 15.2 Å². The molecule has 0 unspecified atom stereocenters. The van der Waals surface area contributed by atoms with Gasteiger partial charge in [0.25, 0.3) is 12.0 Å². The summed E-state index contributed by atoms with van der Waals surface area (Å²) in [6, 6.07) is 5.88. The lowest BCUT2D eigenvalue weighted by molar-refractivity contribution is 0.0854. The molecule has 0 bridgehead atoms. The first-order chi connectivity index (χ1) is 18.0. The molecule has 2 saturated carbocycles. The van der Waals surface area contributed by atoms with E-state index in [-0.39, 0.29) is 24.2 Å². The zero-order valence-electron chi connectivity index (χ0n) is 21.0. The highest BCUT2D eigenvalue weighted by molar-refractivity contribution is 6.05. The highest BCUT2D eigenvalue weighted by Crippen LogP contribution is 2.33. The topological polar surface area (TPSA) is 86.5 Å². The van der Waals surface area contributed by atoms with Gasteiger partial charge in [0, 0.05) is 56.0 Å². The van der Waals surface area contributed by atoms with E-state index in [1.807, 2.05) is 29.0 Å². The Morgan fingerprint density at radius 3 is 2.46 bits per heavy atom. The number of fused-ring (bicyclic) bond motifs is 3. The Labute approximate surface area is 214 Å². The maximum atomic E-state index is 14.0. The molecule has 2 N–H and O–H groups in total. The number of aromatic nitrogens is 3. The molecule has 1 aliphatic heterocycles. The number of piperazine rings is 1. The summed E-state index contributed by atoms with van der Waals surface area (Å²) < 4.78 is 27.4. The molecule has 10 heteroatoms. The number of alkyl halides is 2. The first-order valence-electron chi connectivity index (χ1n) is 13.5. The highest BCUT2D eigenvalue weighted by Gasteiger charge is 2.27. The van der Waals surface area contributed by atoms with Crippen LogP contribution in [0.2, 0.25) is 0 Å². The number of nitrogens with one attached hydrogen (secondary N) is 1. The van der Waals surface area contributed by atoms with Crippen molar-refractivity contribution in [3.8, 4) is 0 Å². The van der Waals surface area contributed by atoms with Crippen molar-refractivity contribution in [2.75, 3.05) is 49.5 Å². The van der Waals surface area contributed by atoms with E-state index >= 15 is 0 Å². The Morgan fingerprint density at radius 1 is 1.00 bits per heavy atom. The Balaban J connectivity index is 1.39. The molecular formula is C27H34F2N6O2. The van der Waals surface area contributed by atoms with Gasteiger partial charge in [-0.05, 0) is 62.0 Å². The first kappa shape index (κ1) is 24.5. The van der Waals surface area contributed by atoms with Crippen LogP contribution >= 0.6 is 0 Å². The minimum absolute atomic E-state index is 0.0319. The second kappa shape index (κ2) is 10.1. The zero-order chi connectivity index (χ0) is 25.5. The zero-order valence-corrected chi connectivity index (χ0v) is 21.0. The second-order valence-corrected chi connectivity index (χ2v) is 10.8. The van der Waals surface area contributed by atoms with Crippen LogP contribution in [0.1, 0.15) is 44.6 Å². The maximum absolute atomic E-state index is 14.0. The van der Waals surface area contributed by atoms with E-state index in [0.717, 1.165) is 35.8 Å². The van der Waals surface area contributed by atoms with E-state index < -0.39 is 6.43 Å². The number of halogens is 2. The molecule has 198 valence electrons. The van der Waals surface area contributed by atoms with Gasteiger partial charge in [-0.3, -0.25) is 14.3 Å². The molecule has 2 aliphatic carbocycles. The lowest BCUT2D eigenvalue weighted by Gasteiger charge is -2.36. The van der Waals surface area contributed by atoms with Gasteiger partial charge in [-0.25, -0.2) is 13.8 Å². The normalized spacial score (nSPS) is 23.3. The Morgan fingerprint density at radius 2 is 1.76 bits per heavy atom. The maximum Gasteiger partial charge on any atom is 0.260 e. The Hall–Kier alpha value is -2.85. The van der Waals surface area contributed by atoms with Crippen LogP contribution in [0.5, 0.6) is 0 Å². The van der Waals surface area contributed by atoms with Gasteiger partial charge in [0.15, 0.2) is 0 Å². The predicted molar refractivity (Wildman–Crippen MR) is 141 cm³/mol. The van der Waals surface area contributed by atoms with Gasteiger partial charge in [0.1, 0.15) is 5.65 Å². The average molecular weight is 513 g/mol. The van der Waals surface area contributed by atoms with Crippen LogP contribution in [0.15, 0.2) is 29.2 Å². The first-order valence-corrected chi connectivity index (χ1v) is 13.5. The monoisotopic (exact) mass is 512 g/mol. The summed E-state index contributed by atoms with van der Waals surface area (Å²) in [6.45, 7) is 3.06. The molecule has 0 spiro atoms. The molecule has 3 heterocycles. The van der Waals surface area contributed by atoms with Crippen LogP contribution in [0.4, 0.5) is 20.4 Å². The molecule has 0 amide bonds. The molecule has 3 aromatic rings. The number of anilines is 2. The van der Waals surface area contributed by atoms with E-state index in [1.54, 1.807) is 4.90 Å². The molecule has 3 aliphatic rings. The van der Waals surface area contributed by atoms with Crippen molar-refractivity contribution in [2.24, 2.45) is 5.92 Å². The molecule has 0 atom stereocenters. The second-order valence-electron chi connectivity index (χ2n) is 10.8. The largest absolute Gasteiger partial charge is 0.393 e. The predicted octanol–water partition coefficient (Wildman–Crippen LogP) is 3.63. The van der Waals surface area contributed by atoms with Gasteiger partial charge < -0.3 is 15.3 Å². The SMILES string of the molecule is O=c1c2cc(N3CCN(CC(F)F)CC3)ccc2c2cnc(NCC3CC3)nc2n1[C@H]1CC[C@H](O)CC1. The van der Waals surface area contributed by atoms with Crippen molar-refractivity contribution in [3.05, 3.63) is 34.7 Å². The van der Waals surface area contributed by atoms with E-state index in [1.165, 1.54) is 12.8 Å². The minimum Gasteiger partial charge on any atom is -0.393 e. The van der Waals surface area contributed by atoms with Crippen molar-refractivity contribution in [1.29, 1.82) is 0 Å². The fraction of sp³-hybridized carbons (Fsp3) is 0.593. The van der Waals surface area contributed by atoms with E-state index in [0.29, 0.717) is 61.9 Å². The molecule has 1 aromatic carbocycles. The summed E-state index contributed by atoms with van der Waals surface area (Å²) >= 11 is 0. The summed E-state index contributed by atoms with van der Waals surface area (Å²) in [4.78, 5) is 27.4. The number of pyridine rings is 1. The van der Waals surface area contributed by atoms with Crippen molar-refractivity contribution < 1.29 is 13.9 Å². The average Bonchev–Trinajstić information content (AvgIpc) is 3.73. The van der Waals surface area contributed by atoms with Crippen molar-refractivity contribution in [1.82, 2.24) is 19.4 Å². The van der Waals surface area contributed by atoms with Crippen molar-refractivity contribution in [3.63, 3.8) is 0 Å². The number of rotatable bonds is 7. The van der Waals surface area contributed by atoms with Crippen molar-refractivity contribution >= 4 is 33.4 Å². The number of benzene rings is 1. The number of hydrogen-bond donors (Lipinski definition) is 2. The Kier molecular flexibility index (Phi) is 6.71. The van der Waals surface area contributed by atoms with Gasteiger partial charge in [0.05, 0.1) is 18.0 Å². The van der Waals surface area contributed by atoms with Gasteiger partial charge in [0.2, 0.25) is 5.95 Å². The molecule has 8 nitrogen and oxygen atoms in total. The van der Waals surface area contributed by atoms with Crippen LogP contribution in [-0.2, 0) is 0 Å². The van der Waals surface area contributed by atoms with Gasteiger partial charge in [-0.1, -0.05) is 6.07 Å². The van der Waals surface area contributed by atoms with Crippen molar-refractivity contribution in [2.45, 2.75) is 57.1 Å². The quantitative estimate of drug-likeness (QED) is 0.468.